The van der Waals surface area contributed by atoms with Crippen LogP contribution in [0.5, 0.6) is 0 Å². The van der Waals surface area contributed by atoms with Crippen molar-refractivity contribution in [2.75, 3.05) is 13.2 Å². The monoisotopic (exact) mass is 224 g/mol. The molecule has 1 heterocycles. The predicted molar refractivity (Wildman–Crippen MR) is 58.9 cm³/mol. The third kappa shape index (κ3) is 1.13. The van der Waals surface area contributed by atoms with Crippen LogP contribution in [0.2, 0.25) is 0 Å². The van der Waals surface area contributed by atoms with Gasteiger partial charge in [0.25, 0.3) is 0 Å². The SMILES string of the molecule is CC1C(=O)CC[C@@]2(C)[C@@H]1CCC21OCCO1. The molecule has 0 bridgehead atoms. The molecule has 1 saturated heterocycles. The van der Waals surface area contributed by atoms with Crippen LogP contribution in [0, 0.1) is 17.3 Å². The second-order valence-corrected chi connectivity index (χ2v) is 5.77. The van der Waals surface area contributed by atoms with Gasteiger partial charge in [-0.05, 0) is 18.8 Å². The fraction of sp³-hybridized carbons (Fsp3) is 0.923. The molecular formula is C13H20O3. The summed E-state index contributed by atoms with van der Waals surface area (Å²) in [6.07, 6.45) is 3.67. The van der Waals surface area contributed by atoms with Gasteiger partial charge in [-0.25, -0.2) is 0 Å². The van der Waals surface area contributed by atoms with E-state index in [2.05, 4.69) is 13.8 Å². The lowest BCUT2D eigenvalue weighted by molar-refractivity contribution is -0.233. The summed E-state index contributed by atoms with van der Waals surface area (Å²) in [6, 6.07) is 0. The first-order chi connectivity index (χ1) is 7.59. The van der Waals surface area contributed by atoms with Crippen molar-refractivity contribution in [1.82, 2.24) is 0 Å². The second-order valence-electron chi connectivity index (χ2n) is 5.77. The normalized spacial score (nSPS) is 46.2. The summed E-state index contributed by atoms with van der Waals surface area (Å²) in [6.45, 7) is 5.77. The Bertz CT molecular complexity index is 319. The average molecular weight is 224 g/mol. The van der Waals surface area contributed by atoms with Crippen molar-refractivity contribution >= 4 is 5.78 Å². The lowest BCUT2D eigenvalue weighted by Gasteiger charge is -2.46. The second kappa shape index (κ2) is 3.30. The summed E-state index contributed by atoms with van der Waals surface area (Å²) < 4.78 is 11.8. The van der Waals surface area contributed by atoms with Crippen LogP contribution in [-0.4, -0.2) is 24.8 Å². The van der Waals surface area contributed by atoms with Crippen LogP contribution >= 0.6 is 0 Å². The number of ketones is 1. The molecule has 0 aromatic rings. The van der Waals surface area contributed by atoms with E-state index in [0.717, 1.165) is 19.3 Å². The minimum absolute atomic E-state index is 0.0524. The lowest BCUT2D eigenvalue weighted by Crippen LogP contribution is -2.50. The van der Waals surface area contributed by atoms with Gasteiger partial charge in [0.1, 0.15) is 5.78 Å². The zero-order valence-corrected chi connectivity index (χ0v) is 10.1. The summed E-state index contributed by atoms with van der Waals surface area (Å²) in [7, 11) is 0. The zero-order valence-electron chi connectivity index (χ0n) is 10.1. The first-order valence-electron chi connectivity index (χ1n) is 6.40. The molecule has 0 N–H and O–H groups in total. The molecule has 3 atom stereocenters. The van der Waals surface area contributed by atoms with Gasteiger partial charge in [0.15, 0.2) is 5.79 Å². The highest BCUT2D eigenvalue weighted by Crippen LogP contribution is 2.61. The smallest absolute Gasteiger partial charge is 0.174 e. The predicted octanol–water partition coefficient (Wildman–Crippen LogP) is 2.14. The molecule has 3 aliphatic rings. The van der Waals surface area contributed by atoms with Gasteiger partial charge in [0, 0.05) is 24.2 Å². The van der Waals surface area contributed by atoms with Crippen LogP contribution in [0.25, 0.3) is 0 Å². The molecule has 3 fully saturated rings. The Morgan fingerprint density at radius 2 is 1.94 bits per heavy atom. The number of hydrogen-bond donors (Lipinski definition) is 0. The van der Waals surface area contributed by atoms with Crippen LogP contribution in [0.1, 0.15) is 39.5 Å². The highest BCUT2D eigenvalue weighted by atomic mass is 16.7. The Kier molecular flexibility index (Phi) is 2.21. The maximum absolute atomic E-state index is 11.8. The maximum atomic E-state index is 11.8. The van der Waals surface area contributed by atoms with Gasteiger partial charge in [-0.1, -0.05) is 13.8 Å². The molecule has 16 heavy (non-hydrogen) atoms. The maximum Gasteiger partial charge on any atom is 0.174 e. The highest BCUT2D eigenvalue weighted by molar-refractivity contribution is 5.82. The van der Waals surface area contributed by atoms with E-state index in [4.69, 9.17) is 9.47 Å². The van der Waals surface area contributed by atoms with E-state index in [1.165, 1.54) is 0 Å². The van der Waals surface area contributed by atoms with Gasteiger partial charge < -0.3 is 9.47 Å². The van der Waals surface area contributed by atoms with Gasteiger partial charge in [-0.2, -0.15) is 0 Å². The summed E-state index contributed by atoms with van der Waals surface area (Å²) in [5.74, 6) is 0.697. The van der Waals surface area contributed by atoms with Crippen LogP contribution < -0.4 is 0 Å². The summed E-state index contributed by atoms with van der Waals surface area (Å²) >= 11 is 0. The zero-order chi connectivity index (χ0) is 11.4. The molecule has 2 saturated carbocycles. The summed E-state index contributed by atoms with van der Waals surface area (Å²) in [5, 5.41) is 0. The van der Waals surface area contributed by atoms with Gasteiger partial charge in [0.05, 0.1) is 13.2 Å². The number of hydrogen-bond acceptors (Lipinski definition) is 3. The molecule has 2 aliphatic carbocycles. The van der Waals surface area contributed by atoms with E-state index in [1.807, 2.05) is 0 Å². The van der Waals surface area contributed by atoms with Crippen molar-refractivity contribution in [3.05, 3.63) is 0 Å². The molecule has 0 aromatic heterocycles. The van der Waals surface area contributed by atoms with Gasteiger partial charge in [-0.3, -0.25) is 4.79 Å². The molecule has 0 amide bonds. The fourth-order valence-corrected chi connectivity index (χ4v) is 4.17. The Morgan fingerprint density at radius 3 is 2.62 bits per heavy atom. The van der Waals surface area contributed by atoms with Gasteiger partial charge in [0.2, 0.25) is 0 Å². The van der Waals surface area contributed by atoms with Crippen LogP contribution in [0.3, 0.4) is 0 Å². The molecule has 3 rings (SSSR count). The fourth-order valence-electron chi connectivity index (χ4n) is 4.17. The summed E-state index contributed by atoms with van der Waals surface area (Å²) in [4.78, 5) is 11.8. The molecular weight excluding hydrogens is 204 g/mol. The van der Waals surface area contributed by atoms with Crippen molar-refractivity contribution in [2.24, 2.45) is 17.3 Å². The van der Waals surface area contributed by atoms with Gasteiger partial charge >= 0.3 is 0 Å². The van der Waals surface area contributed by atoms with E-state index in [-0.39, 0.29) is 17.1 Å². The van der Waals surface area contributed by atoms with E-state index in [1.54, 1.807) is 0 Å². The third-order valence-electron chi connectivity index (χ3n) is 5.23. The minimum Gasteiger partial charge on any atom is -0.347 e. The number of carbonyl (C=O) groups is 1. The number of fused-ring (bicyclic) bond motifs is 2. The van der Waals surface area contributed by atoms with Crippen molar-refractivity contribution in [3.63, 3.8) is 0 Å². The van der Waals surface area contributed by atoms with E-state index >= 15 is 0 Å². The molecule has 0 radical (unpaired) electrons. The standard InChI is InChI=1S/C13H20O3/c1-9-10-3-6-13(15-7-8-16-13)12(10,2)5-4-11(9)14/h9-10H,3-8H2,1-2H3/t9?,10-,12+/m1/s1. The molecule has 0 aromatic carbocycles. The quantitative estimate of drug-likeness (QED) is 0.632. The van der Waals surface area contributed by atoms with E-state index in [0.29, 0.717) is 31.3 Å². The molecule has 3 nitrogen and oxygen atoms in total. The lowest BCUT2D eigenvalue weighted by atomic mass is 9.62. The van der Waals surface area contributed by atoms with Crippen LogP contribution in [0.15, 0.2) is 0 Å². The van der Waals surface area contributed by atoms with Crippen molar-refractivity contribution < 1.29 is 14.3 Å². The molecule has 1 spiro atoms. The molecule has 3 heteroatoms. The van der Waals surface area contributed by atoms with E-state index in [9.17, 15) is 4.79 Å². The molecule has 90 valence electrons. The Balaban J connectivity index is 1.96. The first-order valence-corrected chi connectivity index (χ1v) is 6.40. The van der Waals surface area contributed by atoms with Crippen molar-refractivity contribution in [1.29, 1.82) is 0 Å². The van der Waals surface area contributed by atoms with Crippen LogP contribution in [-0.2, 0) is 14.3 Å². The van der Waals surface area contributed by atoms with Crippen molar-refractivity contribution in [2.45, 2.75) is 45.3 Å². The van der Waals surface area contributed by atoms with E-state index < -0.39 is 0 Å². The third-order valence-corrected chi connectivity index (χ3v) is 5.23. The Morgan fingerprint density at radius 1 is 1.25 bits per heavy atom. The largest absolute Gasteiger partial charge is 0.347 e. The molecule has 1 aliphatic heterocycles. The topological polar surface area (TPSA) is 35.5 Å². The Hall–Kier alpha value is -0.410. The number of rotatable bonds is 0. The number of ether oxygens (including phenoxy) is 2. The highest BCUT2D eigenvalue weighted by Gasteiger charge is 2.63. The minimum atomic E-state index is -0.368. The first kappa shape index (κ1) is 10.7. The molecule has 1 unspecified atom stereocenters. The number of carbonyl (C=O) groups excluding carboxylic acids is 1. The van der Waals surface area contributed by atoms with Crippen LogP contribution in [0.4, 0.5) is 0 Å². The summed E-state index contributed by atoms with van der Waals surface area (Å²) in [5.41, 5.74) is 0.0524. The van der Waals surface area contributed by atoms with Gasteiger partial charge in [-0.15, -0.1) is 0 Å². The van der Waals surface area contributed by atoms with Crippen molar-refractivity contribution in [3.8, 4) is 0 Å². The number of Topliss-reactive ketones (excluding diaryl/α,β-unsaturated/α-hetero) is 1. The Labute approximate surface area is 96.5 Å². The average Bonchev–Trinajstić information content (AvgIpc) is 2.84.